The third-order valence-electron chi connectivity index (χ3n) is 4.76. The standard InChI is InChI=1S/C23H23F3N4O2/c1-14-5-2-6-15(11-14)19-13-29-23(32-19)18(9-4-10-28-20(27)12-24)30-22(31)21-16(25)7-3-8-17(21)26/h2-3,5-8,11,13,18H,4,9-10,12H2,1H3,(H2,27,28)(H,30,31). The van der Waals surface area contributed by atoms with Crippen molar-refractivity contribution >= 4 is 11.7 Å². The van der Waals surface area contributed by atoms with Crippen molar-refractivity contribution in [3.05, 3.63) is 77.3 Å². The molecule has 1 amide bonds. The van der Waals surface area contributed by atoms with E-state index in [2.05, 4.69) is 15.6 Å². The van der Waals surface area contributed by atoms with Gasteiger partial charge in [0.1, 0.15) is 35.7 Å². The van der Waals surface area contributed by atoms with E-state index < -0.39 is 35.8 Å². The zero-order valence-electron chi connectivity index (χ0n) is 17.4. The van der Waals surface area contributed by atoms with Gasteiger partial charge < -0.3 is 15.1 Å². The van der Waals surface area contributed by atoms with Crippen LogP contribution in [0.2, 0.25) is 0 Å². The van der Waals surface area contributed by atoms with Crippen LogP contribution in [-0.2, 0) is 0 Å². The van der Waals surface area contributed by atoms with Gasteiger partial charge in [0.05, 0.1) is 6.20 Å². The number of hydrogen-bond donors (Lipinski definition) is 3. The number of carbonyl (C=O) groups is 1. The summed E-state index contributed by atoms with van der Waals surface area (Å²) in [6.07, 6.45) is 2.21. The number of rotatable bonds is 9. The number of amides is 1. The maximum atomic E-state index is 14.0. The van der Waals surface area contributed by atoms with Gasteiger partial charge in [0, 0.05) is 12.1 Å². The Kier molecular flexibility index (Phi) is 7.64. The normalized spacial score (nSPS) is 11.8. The van der Waals surface area contributed by atoms with Crippen LogP contribution in [0, 0.1) is 24.0 Å². The summed E-state index contributed by atoms with van der Waals surface area (Å²) in [6.45, 7) is 1.30. The summed E-state index contributed by atoms with van der Waals surface area (Å²) in [5.74, 6) is -2.49. The van der Waals surface area contributed by atoms with E-state index >= 15 is 0 Å². The Morgan fingerprint density at radius 2 is 1.91 bits per heavy atom. The lowest BCUT2D eigenvalue weighted by Crippen LogP contribution is -2.31. The molecule has 1 unspecified atom stereocenters. The van der Waals surface area contributed by atoms with Crippen LogP contribution in [-0.4, -0.2) is 29.9 Å². The van der Waals surface area contributed by atoms with Crippen LogP contribution in [0.15, 0.2) is 53.1 Å². The molecule has 1 atom stereocenters. The molecule has 0 radical (unpaired) electrons. The Morgan fingerprint density at radius 1 is 1.19 bits per heavy atom. The van der Waals surface area contributed by atoms with Crippen molar-refractivity contribution in [1.29, 1.82) is 5.41 Å². The van der Waals surface area contributed by atoms with Gasteiger partial charge in [0.2, 0.25) is 5.89 Å². The van der Waals surface area contributed by atoms with E-state index in [4.69, 9.17) is 9.83 Å². The molecule has 1 heterocycles. The van der Waals surface area contributed by atoms with Crippen molar-refractivity contribution in [2.45, 2.75) is 25.8 Å². The molecule has 3 N–H and O–H groups in total. The predicted octanol–water partition coefficient (Wildman–Crippen LogP) is 4.72. The fourth-order valence-electron chi connectivity index (χ4n) is 3.18. The molecule has 1 aromatic heterocycles. The number of amidine groups is 1. The monoisotopic (exact) mass is 444 g/mol. The van der Waals surface area contributed by atoms with Crippen LogP contribution in [0.25, 0.3) is 11.3 Å². The van der Waals surface area contributed by atoms with E-state index in [1.807, 2.05) is 31.2 Å². The first kappa shape index (κ1) is 23.1. The Morgan fingerprint density at radius 3 is 2.59 bits per heavy atom. The van der Waals surface area contributed by atoms with Crippen LogP contribution in [0.1, 0.15) is 40.7 Å². The molecule has 0 saturated heterocycles. The Hall–Kier alpha value is -3.62. The van der Waals surface area contributed by atoms with E-state index in [0.29, 0.717) is 12.2 Å². The van der Waals surface area contributed by atoms with E-state index in [1.165, 1.54) is 12.3 Å². The fraction of sp³-hybridized carbons (Fsp3) is 0.261. The molecule has 0 aliphatic rings. The summed E-state index contributed by atoms with van der Waals surface area (Å²) in [4.78, 5) is 16.9. The van der Waals surface area contributed by atoms with Crippen LogP contribution in [0.3, 0.4) is 0 Å². The van der Waals surface area contributed by atoms with Gasteiger partial charge in [-0.25, -0.2) is 18.2 Å². The number of aryl methyl sites for hydroxylation is 1. The number of benzene rings is 2. The number of hydrogen-bond acceptors (Lipinski definition) is 4. The van der Waals surface area contributed by atoms with Gasteiger partial charge in [-0.2, -0.15) is 0 Å². The minimum absolute atomic E-state index is 0.173. The molecule has 0 spiro atoms. The van der Waals surface area contributed by atoms with Gasteiger partial charge in [0.15, 0.2) is 5.76 Å². The summed E-state index contributed by atoms with van der Waals surface area (Å²) in [6, 6.07) is 9.97. The molecule has 3 rings (SSSR count). The molecular weight excluding hydrogens is 421 g/mol. The molecule has 2 aromatic carbocycles. The smallest absolute Gasteiger partial charge is 0.257 e. The van der Waals surface area contributed by atoms with Crippen molar-refractivity contribution in [3.8, 4) is 11.3 Å². The lowest BCUT2D eigenvalue weighted by molar-refractivity contribution is 0.0918. The number of carbonyl (C=O) groups excluding carboxylic acids is 1. The summed E-state index contributed by atoms with van der Waals surface area (Å²) in [5.41, 5.74) is 1.13. The largest absolute Gasteiger partial charge is 0.438 e. The predicted molar refractivity (Wildman–Crippen MR) is 114 cm³/mol. The van der Waals surface area contributed by atoms with Crippen LogP contribution < -0.4 is 10.6 Å². The Balaban J connectivity index is 1.81. The van der Waals surface area contributed by atoms with Crippen LogP contribution >= 0.6 is 0 Å². The third-order valence-corrected chi connectivity index (χ3v) is 4.76. The highest BCUT2D eigenvalue weighted by atomic mass is 19.1. The first-order valence-corrected chi connectivity index (χ1v) is 10.0. The van der Waals surface area contributed by atoms with Gasteiger partial charge in [-0.3, -0.25) is 10.2 Å². The molecule has 9 heteroatoms. The van der Waals surface area contributed by atoms with Gasteiger partial charge in [-0.15, -0.1) is 0 Å². The highest BCUT2D eigenvalue weighted by molar-refractivity contribution is 5.95. The van der Waals surface area contributed by atoms with Crippen molar-refractivity contribution in [3.63, 3.8) is 0 Å². The van der Waals surface area contributed by atoms with Gasteiger partial charge in [-0.05, 0) is 38.0 Å². The molecule has 0 aliphatic heterocycles. The second kappa shape index (κ2) is 10.6. The van der Waals surface area contributed by atoms with Crippen LogP contribution in [0.5, 0.6) is 0 Å². The maximum absolute atomic E-state index is 14.0. The van der Waals surface area contributed by atoms with E-state index in [9.17, 15) is 18.0 Å². The van der Waals surface area contributed by atoms with Gasteiger partial charge in [0.25, 0.3) is 5.91 Å². The number of nitrogens with zero attached hydrogens (tertiary/aromatic N) is 1. The average molecular weight is 444 g/mol. The maximum Gasteiger partial charge on any atom is 0.257 e. The number of oxazole rings is 1. The summed E-state index contributed by atoms with van der Waals surface area (Å²) in [5, 5.41) is 12.5. The summed E-state index contributed by atoms with van der Waals surface area (Å²) in [7, 11) is 0. The zero-order valence-corrected chi connectivity index (χ0v) is 17.4. The minimum atomic E-state index is -0.979. The molecule has 0 bridgehead atoms. The van der Waals surface area contributed by atoms with Crippen molar-refractivity contribution in [2.24, 2.45) is 0 Å². The van der Waals surface area contributed by atoms with Gasteiger partial charge >= 0.3 is 0 Å². The molecule has 32 heavy (non-hydrogen) atoms. The van der Waals surface area contributed by atoms with Crippen molar-refractivity contribution < 1.29 is 22.4 Å². The lowest BCUT2D eigenvalue weighted by atomic mass is 10.1. The number of nitrogens with one attached hydrogen (secondary N) is 3. The first-order chi connectivity index (χ1) is 15.4. The number of alkyl halides is 1. The molecule has 3 aromatic rings. The highest BCUT2D eigenvalue weighted by Crippen LogP contribution is 2.26. The summed E-state index contributed by atoms with van der Waals surface area (Å²) < 4.78 is 46.4. The first-order valence-electron chi connectivity index (χ1n) is 10.0. The molecular formula is C23H23F3N4O2. The number of halogens is 3. The lowest BCUT2D eigenvalue weighted by Gasteiger charge is -2.17. The highest BCUT2D eigenvalue weighted by Gasteiger charge is 2.24. The van der Waals surface area contributed by atoms with Crippen molar-refractivity contribution in [2.75, 3.05) is 13.2 Å². The van der Waals surface area contributed by atoms with E-state index in [1.54, 1.807) is 0 Å². The zero-order chi connectivity index (χ0) is 23.1. The Bertz CT molecular complexity index is 1080. The molecule has 6 nitrogen and oxygen atoms in total. The minimum Gasteiger partial charge on any atom is -0.438 e. The SMILES string of the molecule is Cc1cccc(-c2cnc(C(CCCNC(=N)CF)NC(=O)c3c(F)cccc3F)o2)c1. The van der Waals surface area contributed by atoms with E-state index in [0.717, 1.165) is 23.3 Å². The molecule has 0 aliphatic carbocycles. The second-order valence-electron chi connectivity index (χ2n) is 7.24. The topological polar surface area (TPSA) is 91.0 Å². The molecule has 168 valence electrons. The Labute approximate surface area is 183 Å². The van der Waals surface area contributed by atoms with Gasteiger partial charge in [-0.1, -0.05) is 29.8 Å². The number of aromatic nitrogens is 1. The van der Waals surface area contributed by atoms with Crippen molar-refractivity contribution in [1.82, 2.24) is 15.6 Å². The molecule has 0 saturated carbocycles. The fourth-order valence-corrected chi connectivity index (χ4v) is 3.18. The quantitative estimate of drug-likeness (QED) is 0.253. The summed E-state index contributed by atoms with van der Waals surface area (Å²) >= 11 is 0. The van der Waals surface area contributed by atoms with E-state index in [-0.39, 0.29) is 24.7 Å². The van der Waals surface area contributed by atoms with Crippen LogP contribution in [0.4, 0.5) is 13.2 Å². The second-order valence-corrected chi connectivity index (χ2v) is 7.24. The third kappa shape index (κ3) is 5.75. The molecule has 0 fully saturated rings. The average Bonchev–Trinajstić information content (AvgIpc) is 3.26.